The third-order valence-electron chi connectivity index (χ3n) is 4.43. The largest absolute Gasteiger partial charge is 0.357 e. The summed E-state index contributed by atoms with van der Waals surface area (Å²) in [5.41, 5.74) is 2.22. The number of amides is 1. The van der Waals surface area contributed by atoms with Gasteiger partial charge in [0.15, 0.2) is 0 Å². The van der Waals surface area contributed by atoms with Crippen LogP contribution in [0.3, 0.4) is 0 Å². The summed E-state index contributed by atoms with van der Waals surface area (Å²) in [7, 11) is 0. The van der Waals surface area contributed by atoms with Crippen molar-refractivity contribution in [3.63, 3.8) is 0 Å². The van der Waals surface area contributed by atoms with Gasteiger partial charge in [-0.2, -0.15) is 0 Å². The Morgan fingerprint density at radius 1 is 0.966 bits per heavy atom. The molecule has 3 aromatic rings. The fourth-order valence-corrected chi connectivity index (χ4v) is 3.18. The van der Waals surface area contributed by atoms with Crippen molar-refractivity contribution in [2.75, 3.05) is 28.6 Å². The molecule has 1 heterocycles. The number of anilines is 4. The van der Waals surface area contributed by atoms with Gasteiger partial charge in [-0.3, -0.25) is 4.79 Å². The van der Waals surface area contributed by atoms with E-state index < -0.39 is 0 Å². The molecule has 2 N–H and O–H groups in total. The molecule has 29 heavy (non-hydrogen) atoms. The zero-order valence-corrected chi connectivity index (χ0v) is 18.3. The van der Waals surface area contributed by atoms with E-state index in [1.54, 1.807) is 12.1 Å². The van der Waals surface area contributed by atoms with Crippen molar-refractivity contribution in [3.05, 3.63) is 70.5 Å². The maximum absolute atomic E-state index is 12.3. The third kappa shape index (κ3) is 5.54. The van der Waals surface area contributed by atoms with Gasteiger partial charge < -0.3 is 15.5 Å². The molecule has 1 aromatic heterocycles. The van der Waals surface area contributed by atoms with Crippen LogP contribution in [0.2, 0.25) is 0 Å². The average molecular weight is 454 g/mol. The zero-order valence-electron chi connectivity index (χ0n) is 16.7. The Labute approximate surface area is 179 Å². The van der Waals surface area contributed by atoms with Gasteiger partial charge in [0.1, 0.15) is 17.5 Å². The molecule has 0 unspecified atom stereocenters. The van der Waals surface area contributed by atoms with Crippen molar-refractivity contribution in [1.29, 1.82) is 0 Å². The lowest BCUT2D eigenvalue weighted by atomic mass is 10.2. The Hall–Kier alpha value is -2.93. The van der Waals surface area contributed by atoms with Crippen molar-refractivity contribution in [2.24, 2.45) is 0 Å². The fourth-order valence-electron chi connectivity index (χ4n) is 2.91. The van der Waals surface area contributed by atoms with Crippen molar-refractivity contribution in [1.82, 2.24) is 9.97 Å². The summed E-state index contributed by atoms with van der Waals surface area (Å²) in [6.07, 6.45) is 0. The summed E-state index contributed by atoms with van der Waals surface area (Å²) in [6, 6.07) is 16.7. The Balaban J connectivity index is 1.69. The number of carbonyl (C=O) groups is 1. The van der Waals surface area contributed by atoms with E-state index in [1.807, 2.05) is 49.4 Å². The van der Waals surface area contributed by atoms with Gasteiger partial charge in [0.2, 0.25) is 0 Å². The molecule has 3 rings (SSSR count). The molecule has 0 aliphatic carbocycles. The highest BCUT2D eigenvalue weighted by atomic mass is 79.9. The van der Waals surface area contributed by atoms with Crippen LogP contribution in [-0.4, -0.2) is 29.0 Å². The summed E-state index contributed by atoms with van der Waals surface area (Å²) in [4.78, 5) is 23.5. The number of hydrogen-bond acceptors (Lipinski definition) is 5. The molecule has 6 nitrogen and oxygen atoms in total. The molecule has 0 aliphatic rings. The molecule has 0 atom stereocenters. The van der Waals surface area contributed by atoms with E-state index in [9.17, 15) is 4.79 Å². The van der Waals surface area contributed by atoms with E-state index in [-0.39, 0.29) is 5.91 Å². The summed E-state index contributed by atoms with van der Waals surface area (Å²) >= 11 is 3.37. The SMILES string of the molecule is CCN(CC)c1cc(Nc2ccc(NC(=O)c3ccc(Br)cc3)cc2)nc(C)n1. The van der Waals surface area contributed by atoms with Crippen LogP contribution in [0, 0.1) is 6.92 Å². The van der Waals surface area contributed by atoms with Gasteiger partial charge in [0.25, 0.3) is 5.91 Å². The Kier molecular flexibility index (Phi) is 6.82. The van der Waals surface area contributed by atoms with Crippen LogP contribution in [0.5, 0.6) is 0 Å². The van der Waals surface area contributed by atoms with Crippen LogP contribution in [0.1, 0.15) is 30.0 Å². The van der Waals surface area contributed by atoms with Crippen LogP contribution in [0.15, 0.2) is 59.1 Å². The second kappa shape index (κ2) is 9.52. The Morgan fingerprint density at radius 2 is 1.59 bits per heavy atom. The molecule has 0 spiro atoms. The maximum atomic E-state index is 12.3. The second-order valence-electron chi connectivity index (χ2n) is 6.49. The maximum Gasteiger partial charge on any atom is 0.255 e. The summed E-state index contributed by atoms with van der Waals surface area (Å²) in [5, 5.41) is 6.21. The number of aryl methyl sites for hydroxylation is 1. The van der Waals surface area contributed by atoms with Crippen molar-refractivity contribution in [3.8, 4) is 0 Å². The number of aromatic nitrogens is 2. The number of hydrogen-bond donors (Lipinski definition) is 2. The molecular formula is C22H24BrN5O. The third-order valence-corrected chi connectivity index (χ3v) is 4.96. The molecule has 0 bridgehead atoms. The second-order valence-corrected chi connectivity index (χ2v) is 7.41. The van der Waals surface area contributed by atoms with Crippen LogP contribution < -0.4 is 15.5 Å². The van der Waals surface area contributed by atoms with Crippen LogP contribution in [-0.2, 0) is 0 Å². The molecule has 0 aliphatic heterocycles. The zero-order chi connectivity index (χ0) is 20.8. The van der Waals surface area contributed by atoms with Crippen molar-refractivity contribution < 1.29 is 4.79 Å². The minimum atomic E-state index is -0.145. The van der Waals surface area contributed by atoms with E-state index >= 15 is 0 Å². The molecule has 7 heteroatoms. The van der Waals surface area contributed by atoms with Gasteiger partial charge in [0, 0.05) is 40.6 Å². The molecule has 0 saturated heterocycles. The van der Waals surface area contributed by atoms with Gasteiger partial charge in [0.05, 0.1) is 0 Å². The quantitative estimate of drug-likeness (QED) is 0.501. The molecule has 150 valence electrons. The normalized spacial score (nSPS) is 10.5. The van der Waals surface area contributed by atoms with Gasteiger partial charge in [-0.05, 0) is 69.3 Å². The summed E-state index contributed by atoms with van der Waals surface area (Å²) in [6.45, 7) is 7.88. The van der Waals surface area contributed by atoms with E-state index in [1.165, 1.54) is 0 Å². The van der Waals surface area contributed by atoms with E-state index in [0.717, 1.165) is 46.4 Å². The number of nitrogens with one attached hydrogen (secondary N) is 2. The molecule has 1 amide bonds. The monoisotopic (exact) mass is 453 g/mol. The molecule has 2 aromatic carbocycles. The van der Waals surface area contributed by atoms with E-state index in [0.29, 0.717) is 5.56 Å². The standard InChI is InChI=1S/C22H24BrN5O/c1-4-28(5-2)21-14-20(24-15(3)25-21)26-18-10-12-19(13-11-18)27-22(29)16-6-8-17(23)9-7-16/h6-14H,4-5H2,1-3H3,(H,27,29)(H,24,25,26). The highest BCUT2D eigenvalue weighted by Crippen LogP contribution is 2.21. The van der Waals surface area contributed by atoms with Crippen LogP contribution >= 0.6 is 15.9 Å². The fraction of sp³-hybridized carbons (Fsp3) is 0.227. The van der Waals surface area contributed by atoms with Crippen LogP contribution in [0.25, 0.3) is 0 Å². The van der Waals surface area contributed by atoms with Gasteiger partial charge in [-0.1, -0.05) is 15.9 Å². The van der Waals surface area contributed by atoms with E-state index in [2.05, 4.69) is 55.3 Å². The number of halogens is 1. The minimum Gasteiger partial charge on any atom is -0.357 e. The van der Waals surface area contributed by atoms with Crippen LogP contribution in [0.4, 0.5) is 23.0 Å². The predicted molar refractivity (Wildman–Crippen MR) is 122 cm³/mol. The smallest absolute Gasteiger partial charge is 0.255 e. The average Bonchev–Trinajstić information content (AvgIpc) is 2.70. The number of rotatable bonds is 7. The first kappa shape index (κ1) is 20.8. The first-order chi connectivity index (χ1) is 14.0. The summed E-state index contributed by atoms with van der Waals surface area (Å²) < 4.78 is 0.939. The van der Waals surface area contributed by atoms with Gasteiger partial charge in [-0.15, -0.1) is 0 Å². The minimum absolute atomic E-state index is 0.145. The predicted octanol–water partition coefficient (Wildman–Crippen LogP) is 5.39. The van der Waals surface area contributed by atoms with Crippen molar-refractivity contribution in [2.45, 2.75) is 20.8 Å². The molecule has 0 fully saturated rings. The van der Waals surface area contributed by atoms with Gasteiger partial charge >= 0.3 is 0 Å². The Bertz CT molecular complexity index is 969. The molecule has 0 radical (unpaired) electrons. The van der Waals surface area contributed by atoms with Crippen molar-refractivity contribution >= 4 is 44.8 Å². The molecular weight excluding hydrogens is 430 g/mol. The number of nitrogens with zero attached hydrogens (tertiary/aromatic N) is 3. The highest BCUT2D eigenvalue weighted by Gasteiger charge is 2.09. The van der Waals surface area contributed by atoms with E-state index in [4.69, 9.17) is 0 Å². The number of carbonyl (C=O) groups excluding carboxylic acids is 1. The molecule has 0 saturated carbocycles. The topological polar surface area (TPSA) is 70.2 Å². The Morgan fingerprint density at radius 3 is 2.21 bits per heavy atom. The lowest BCUT2D eigenvalue weighted by Gasteiger charge is -2.20. The first-order valence-corrected chi connectivity index (χ1v) is 10.3. The lowest BCUT2D eigenvalue weighted by Crippen LogP contribution is -2.23. The number of benzene rings is 2. The summed E-state index contributed by atoms with van der Waals surface area (Å²) in [5.74, 6) is 2.22. The highest BCUT2D eigenvalue weighted by molar-refractivity contribution is 9.10. The van der Waals surface area contributed by atoms with Gasteiger partial charge in [-0.25, -0.2) is 9.97 Å². The first-order valence-electron chi connectivity index (χ1n) is 9.53. The lowest BCUT2D eigenvalue weighted by molar-refractivity contribution is 0.102.